The molecule has 0 aromatic carbocycles. The molecule has 1 fully saturated rings. The van der Waals surface area contributed by atoms with Gasteiger partial charge < -0.3 is 0 Å². The molecule has 1 nitrogen and oxygen atoms in total. The zero-order valence-corrected chi connectivity index (χ0v) is 12.1. The van der Waals surface area contributed by atoms with Gasteiger partial charge in [-0.15, -0.1) is 0 Å². The van der Waals surface area contributed by atoms with E-state index in [1.807, 2.05) is 12.4 Å². The summed E-state index contributed by atoms with van der Waals surface area (Å²) >= 11 is 0. The molecular weight excluding hydrogens is 218 g/mol. The van der Waals surface area contributed by atoms with Gasteiger partial charge in [0.05, 0.1) is 0 Å². The van der Waals surface area contributed by atoms with Gasteiger partial charge in [0.2, 0.25) is 0 Å². The van der Waals surface area contributed by atoms with Crippen molar-refractivity contribution in [2.75, 3.05) is 0 Å². The summed E-state index contributed by atoms with van der Waals surface area (Å²) in [6, 6.07) is 4.34. The minimum absolute atomic E-state index is 0.689. The van der Waals surface area contributed by atoms with Gasteiger partial charge >= 0.3 is 0 Å². The highest BCUT2D eigenvalue weighted by atomic mass is 14.6. The quantitative estimate of drug-likeness (QED) is 0.724. The third-order valence-electron chi connectivity index (χ3n) is 4.80. The maximum absolute atomic E-state index is 4.10. The van der Waals surface area contributed by atoms with Crippen LogP contribution in [-0.2, 0) is 0 Å². The van der Waals surface area contributed by atoms with Gasteiger partial charge in [-0.3, -0.25) is 4.98 Å². The van der Waals surface area contributed by atoms with Crippen LogP contribution >= 0.6 is 0 Å². The fourth-order valence-corrected chi connectivity index (χ4v) is 3.42. The fourth-order valence-electron chi connectivity index (χ4n) is 3.42. The number of hydrogen-bond donors (Lipinski definition) is 0. The standard InChI is InChI=1S/C17H27N/c1-13(2)16-6-4-15(5-7-16)12-14(3)17-8-10-18-11-9-17/h8-11,13-16H,4-7,12H2,1-3H3. The summed E-state index contributed by atoms with van der Waals surface area (Å²) in [5.41, 5.74) is 1.45. The summed E-state index contributed by atoms with van der Waals surface area (Å²) in [4.78, 5) is 4.10. The van der Waals surface area contributed by atoms with E-state index in [1.165, 1.54) is 37.7 Å². The first-order chi connectivity index (χ1) is 8.66. The zero-order chi connectivity index (χ0) is 13.0. The highest BCUT2D eigenvalue weighted by molar-refractivity contribution is 5.14. The van der Waals surface area contributed by atoms with Gasteiger partial charge in [0.25, 0.3) is 0 Å². The van der Waals surface area contributed by atoms with Gasteiger partial charge in [-0.25, -0.2) is 0 Å². The van der Waals surface area contributed by atoms with Crippen LogP contribution in [0.1, 0.15) is 64.4 Å². The lowest BCUT2D eigenvalue weighted by atomic mass is 9.74. The van der Waals surface area contributed by atoms with Crippen LogP contribution in [0.5, 0.6) is 0 Å². The van der Waals surface area contributed by atoms with E-state index < -0.39 is 0 Å². The van der Waals surface area contributed by atoms with Crippen molar-refractivity contribution < 1.29 is 0 Å². The van der Waals surface area contributed by atoms with E-state index in [9.17, 15) is 0 Å². The molecule has 1 heteroatoms. The Bertz CT molecular complexity index is 336. The zero-order valence-electron chi connectivity index (χ0n) is 12.1. The lowest BCUT2D eigenvalue weighted by Gasteiger charge is -2.32. The Hall–Kier alpha value is -0.850. The summed E-state index contributed by atoms with van der Waals surface area (Å²) in [5.74, 6) is 3.50. The van der Waals surface area contributed by atoms with E-state index in [-0.39, 0.29) is 0 Å². The van der Waals surface area contributed by atoms with Crippen LogP contribution in [0.3, 0.4) is 0 Å². The van der Waals surface area contributed by atoms with E-state index in [4.69, 9.17) is 0 Å². The smallest absolute Gasteiger partial charge is 0.0270 e. The predicted molar refractivity (Wildman–Crippen MR) is 77.6 cm³/mol. The molecule has 1 aromatic heterocycles. The van der Waals surface area contributed by atoms with Gasteiger partial charge in [-0.05, 0) is 60.6 Å². The topological polar surface area (TPSA) is 12.9 Å². The summed E-state index contributed by atoms with van der Waals surface area (Å²) in [7, 11) is 0. The Balaban J connectivity index is 1.81. The second-order valence-corrected chi connectivity index (χ2v) is 6.44. The van der Waals surface area contributed by atoms with Crippen molar-refractivity contribution in [3.05, 3.63) is 30.1 Å². The molecule has 0 amide bonds. The van der Waals surface area contributed by atoms with Crippen molar-refractivity contribution in [3.8, 4) is 0 Å². The Morgan fingerprint density at radius 3 is 2.22 bits per heavy atom. The third-order valence-corrected chi connectivity index (χ3v) is 4.80. The minimum atomic E-state index is 0.689. The monoisotopic (exact) mass is 245 g/mol. The third kappa shape index (κ3) is 3.57. The van der Waals surface area contributed by atoms with Crippen molar-refractivity contribution in [3.63, 3.8) is 0 Å². The molecule has 2 rings (SSSR count). The van der Waals surface area contributed by atoms with Crippen LogP contribution in [0.25, 0.3) is 0 Å². The lowest BCUT2D eigenvalue weighted by Crippen LogP contribution is -2.19. The molecule has 100 valence electrons. The second kappa shape index (κ2) is 6.36. The number of aromatic nitrogens is 1. The normalized spacial score (nSPS) is 26.2. The number of hydrogen-bond acceptors (Lipinski definition) is 1. The molecule has 1 aliphatic rings. The highest BCUT2D eigenvalue weighted by Gasteiger charge is 2.24. The summed E-state index contributed by atoms with van der Waals surface area (Å²) in [5, 5.41) is 0. The van der Waals surface area contributed by atoms with Gasteiger partial charge in [0.15, 0.2) is 0 Å². The number of pyridine rings is 1. The molecule has 0 bridgehead atoms. The average molecular weight is 245 g/mol. The maximum Gasteiger partial charge on any atom is 0.0270 e. The number of rotatable bonds is 4. The second-order valence-electron chi connectivity index (χ2n) is 6.44. The first-order valence-corrected chi connectivity index (χ1v) is 7.56. The van der Waals surface area contributed by atoms with Gasteiger partial charge in [0.1, 0.15) is 0 Å². The molecule has 18 heavy (non-hydrogen) atoms. The molecule has 1 aliphatic carbocycles. The Morgan fingerprint density at radius 2 is 1.67 bits per heavy atom. The first kappa shape index (κ1) is 13.6. The molecule has 0 spiro atoms. The van der Waals surface area contributed by atoms with Crippen LogP contribution in [0.4, 0.5) is 0 Å². The molecule has 0 saturated heterocycles. The van der Waals surface area contributed by atoms with Crippen LogP contribution in [0.2, 0.25) is 0 Å². The average Bonchev–Trinajstić information content (AvgIpc) is 2.40. The molecule has 0 N–H and O–H groups in total. The summed E-state index contributed by atoms with van der Waals surface area (Å²) in [6.45, 7) is 7.12. The van der Waals surface area contributed by atoms with E-state index >= 15 is 0 Å². The first-order valence-electron chi connectivity index (χ1n) is 7.56. The Morgan fingerprint density at radius 1 is 1.06 bits per heavy atom. The van der Waals surface area contributed by atoms with E-state index in [0.717, 1.165) is 17.8 Å². The molecule has 1 saturated carbocycles. The molecule has 1 heterocycles. The number of nitrogens with zero attached hydrogens (tertiary/aromatic N) is 1. The molecule has 1 atom stereocenters. The van der Waals surface area contributed by atoms with E-state index in [2.05, 4.69) is 37.9 Å². The van der Waals surface area contributed by atoms with Crippen LogP contribution in [0, 0.1) is 17.8 Å². The molecule has 1 aromatic rings. The Labute approximate surface area is 112 Å². The minimum Gasteiger partial charge on any atom is -0.265 e. The Kier molecular flexibility index (Phi) is 4.79. The van der Waals surface area contributed by atoms with Crippen molar-refractivity contribution >= 4 is 0 Å². The summed E-state index contributed by atoms with van der Waals surface area (Å²) in [6.07, 6.45) is 11.0. The van der Waals surface area contributed by atoms with Gasteiger partial charge in [-0.2, -0.15) is 0 Å². The highest BCUT2D eigenvalue weighted by Crippen LogP contribution is 2.37. The molecule has 0 radical (unpaired) electrons. The lowest BCUT2D eigenvalue weighted by molar-refractivity contribution is 0.211. The van der Waals surface area contributed by atoms with E-state index in [0.29, 0.717) is 5.92 Å². The molecule has 0 aliphatic heterocycles. The van der Waals surface area contributed by atoms with Crippen molar-refractivity contribution in [2.24, 2.45) is 17.8 Å². The predicted octanol–water partition coefficient (Wildman–Crippen LogP) is 5.04. The van der Waals surface area contributed by atoms with Crippen LogP contribution in [0.15, 0.2) is 24.5 Å². The fraction of sp³-hybridized carbons (Fsp3) is 0.706. The van der Waals surface area contributed by atoms with Crippen molar-refractivity contribution in [1.82, 2.24) is 4.98 Å². The van der Waals surface area contributed by atoms with Crippen LogP contribution < -0.4 is 0 Å². The van der Waals surface area contributed by atoms with Crippen molar-refractivity contribution in [2.45, 2.75) is 58.8 Å². The van der Waals surface area contributed by atoms with Crippen molar-refractivity contribution in [1.29, 1.82) is 0 Å². The molecular formula is C17H27N. The van der Waals surface area contributed by atoms with Gasteiger partial charge in [-0.1, -0.05) is 33.6 Å². The molecule has 1 unspecified atom stereocenters. The largest absolute Gasteiger partial charge is 0.265 e. The van der Waals surface area contributed by atoms with E-state index in [1.54, 1.807) is 0 Å². The van der Waals surface area contributed by atoms with Gasteiger partial charge in [0, 0.05) is 12.4 Å². The summed E-state index contributed by atoms with van der Waals surface area (Å²) < 4.78 is 0. The maximum atomic E-state index is 4.10. The van der Waals surface area contributed by atoms with Crippen LogP contribution in [-0.4, -0.2) is 4.98 Å². The SMILES string of the molecule is CC(CC1CCC(C(C)C)CC1)c1ccncc1.